The van der Waals surface area contributed by atoms with Crippen LogP contribution in [-0.4, -0.2) is 47.4 Å². The predicted molar refractivity (Wildman–Crippen MR) is 129 cm³/mol. The number of hydrogen-bond donors (Lipinski definition) is 3. The highest BCUT2D eigenvalue weighted by Gasteiger charge is 2.52. The second kappa shape index (κ2) is 9.43. The molecule has 0 aliphatic carbocycles. The van der Waals surface area contributed by atoms with Gasteiger partial charge in [0.25, 0.3) is 5.91 Å². The van der Waals surface area contributed by atoms with Crippen LogP contribution in [-0.2, 0) is 5.54 Å². The van der Waals surface area contributed by atoms with Gasteiger partial charge in [-0.1, -0.05) is 43.8 Å². The second-order valence-electron chi connectivity index (χ2n) is 8.78. The summed E-state index contributed by atoms with van der Waals surface area (Å²) < 4.78 is 21.1. The third kappa shape index (κ3) is 4.83. The van der Waals surface area contributed by atoms with Crippen molar-refractivity contribution in [2.24, 2.45) is 22.6 Å². The number of fused-ring (bicyclic) bond motifs is 1. The molecule has 2 aliphatic rings. The highest BCUT2D eigenvalue weighted by atomic mass is 32.2. The van der Waals surface area contributed by atoms with Crippen molar-refractivity contribution in [3.8, 4) is 5.75 Å². The number of thioether (sulfide) groups is 1. The molecule has 2 atom stereocenters. The van der Waals surface area contributed by atoms with E-state index in [1.165, 1.54) is 17.8 Å². The monoisotopic (exact) mass is 469 g/mol. The zero-order valence-electron chi connectivity index (χ0n) is 18.7. The summed E-state index contributed by atoms with van der Waals surface area (Å²) in [5, 5.41) is 11.2. The Balaban J connectivity index is 1.72. The number of carbonyl (C=O) groups excluding carboxylic acids is 1. The molecule has 2 aliphatic heterocycles. The lowest BCUT2D eigenvalue weighted by atomic mass is 9.81. The molecule has 2 aromatic carbocycles. The molecule has 1 fully saturated rings. The van der Waals surface area contributed by atoms with E-state index in [9.17, 15) is 4.79 Å². The number of nitrogens with one attached hydrogen (secondary N) is 2. The Hall–Kier alpha value is -3.07. The molecule has 1 unspecified atom stereocenters. The smallest absolute Gasteiger partial charge is 0.257 e. The summed E-state index contributed by atoms with van der Waals surface area (Å²) in [6.07, 6.45) is 0. The Morgan fingerprint density at radius 3 is 2.82 bits per heavy atom. The summed E-state index contributed by atoms with van der Waals surface area (Å²) in [5.74, 6) is 0.669. The first kappa shape index (κ1) is 23.1. The number of hydrogen-bond acceptors (Lipinski definition) is 5. The number of halogens is 1. The van der Waals surface area contributed by atoms with Gasteiger partial charge in [-0.05, 0) is 36.2 Å². The molecule has 4 rings (SSSR count). The molecule has 33 heavy (non-hydrogen) atoms. The van der Waals surface area contributed by atoms with Crippen LogP contribution in [0.15, 0.2) is 53.5 Å². The number of carbonyl (C=O) groups is 1. The Morgan fingerprint density at radius 1 is 1.36 bits per heavy atom. The molecule has 4 N–H and O–H groups in total. The first-order valence-electron chi connectivity index (χ1n) is 10.9. The standard InChI is InChI=1S/C24H28FN5O2S/c1-15(2)12-32-18-8-9-20(25)19(10-18)24-14-30(22(26)27)11-17(24)13-33-23(29-24)28-21(31)16-6-4-3-5-7-16/h3-10,15,17H,11-14H2,1-2H3,(H3,26,27)(H,28,29,31)/t17-,24?/m0/s1. The fourth-order valence-electron chi connectivity index (χ4n) is 4.17. The van der Waals surface area contributed by atoms with Crippen LogP contribution < -0.4 is 15.8 Å². The number of likely N-dealkylation sites (tertiary alicyclic amines) is 1. The molecule has 0 saturated carbocycles. The summed E-state index contributed by atoms with van der Waals surface area (Å²) in [7, 11) is 0. The van der Waals surface area contributed by atoms with Gasteiger partial charge in [0.05, 0.1) is 13.2 Å². The van der Waals surface area contributed by atoms with E-state index in [2.05, 4.69) is 5.32 Å². The number of nitrogens with two attached hydrogens (primary N) is 1. The Labute approximate surface area is 197 Å². The summed E-state index contributed by atoms with van der Waals surface area (Å²) >= 11 is 1.42. The number of ether oxygens (including phenoxy) is 1. The number of benzene rings is 2. The fraction of sp³-hybridized carbons (Fsp3) is 0.375. The number of rotatable bonds is 5. The van der Waals surface area contributed by atoms with E-state index in [-0.39, 0.29) is 24.3 Å². The van der Waals surface area contributed by atoms with Gasteiger partial charge in [-0.25, -0.2) is 9.38 Å². The average Bonchev–Trinajstić information content (AvgIpc) is 3.19. The molecule has 0 spiro atoms. The maximum Gasteiger partial charge on any atom is 0.257 e. The minimum absolute atomic E-state index is 0.0773. The van der Waals surface area contributed by atoms with Crippen LogP contribution >= 0.6 is 11.8 Å². The number of amides is 1. The zero-order chi connectivity index (χ0) is 23.6. The Morgan fingerprint density at radius 2 is 2.12 bits per heavy atom. The van der Waals surface area contributed by atoms with Crippen molar-refractivity contribution in [1.29, 1.82) is 5.41 Å². The third-order valence-electron chi connectivity index (χ3n) is 5.86. The largest absolute Gasteiger partial charge is 0.493 e. The first-order chi connectivity index (χ1) is 15.8. The normalized spacial score (nSPS) is 22.0. The van der Waals surface area contributed by atoms with E-state index < -0.39 is 11.4 Å². The summed E-state index contributed by atoms with van der Waals surface area (Å²) in [6, 6.07) is 13.6. The molecule has 1 amide bonds. The Bertz CT molecular complexity index is 1080. The molecule has 0 aromatic heterocycles. The average molecular weight is 470 g/mol. The van der Waals surface area contributed by atoms with Crippen molar-refractivity contribution >= 4 is 28.8 Å². The molecular formula is C24H28FN5O2S. The summed E-state index contributed by atoms with van der Waals surface area (Å²) in [6.45, 7) is 5.35. The molecular weight excluding hydrogens is 441 g/mol. The lowest BCUT2D eigenvalue weighted by Crippen LogP contribution is -2.43. The zero-order valence-corrected chi connectivity index (χ0v) is 19.5. The lowest BCUT2D eigenvalue weighted by molar-refractivity contribution is 0.0977. The van der Waals surface area contributed by atoms with Gasteiger partial charge in [0.15, 0.2) is 11.1 Å². The van der Waals surface area contributed by atoms with Crippen molar-refractivity contribution in [3.05, 3.63) is 65.5 Å². The SMILES string of the molecule is CC(C)COc1ccc(F)c(C23CN(C(=N)N)C[C@H]2CSC(NC(=O)c2ccccc2)=N3)c1. The van der Waals surface area contributed by atoms with Crippen molar-refractivity contribution < 1.29 is 13.9 Å². The third-order valence-corrected chi connectivity index (χ3v) is 6.89. The van der Waals surface area contributed by atoms with Crippen LogP contribution in [0.25, 0.3) is 0 Å². The predicted octanol–water partition coefficient (Wildman–Crippen LogP) is 3.41. The van der Waals surface area contributed by atoms with Crippen LogP contribution in [0.1, 0.15) is 29.8 Å². The number of aliphatic imine (C=N–C) groups is 1. The minimum Gasteiger partial charge on any atom is -0.493 e. The minimum atomic E-state index is -0.989. The maximum atomic E-state index is 15.2. The van der Waals surface area contributed by atoms with E-state index in [1.807, 2.05) is 19.9 Å². The quantitative estimate of drug-likeness (QED) is 0.460. The van der Waals surface area contributed by atoms with E-state index in [4.69, 9.17) is 20.9 Å². The summed E-state index contributed by atoms with van der Waals surface area (Å²) in [4.78, 5) is 19.3. The molecule has 2 heterocycles. The van der Waals surface area contributed by atoms with E-state index in [1.54, 1.807) is 41.3 Å². The number of amidine groups is 1. The van der Waals surface area contributed by atoms with Gasteiger partial charge in [-0.15, -0.1) is 0 Å². The second-order valence-corrected chi connectivity index (χ2v) is 9.79. The Kier molecular flexibility index (Phi) is 6.60. The van der Waals surface area contributed by atoms with Crippen LogP contribution in [0.4, 0.5) is 4.39 Å². The molecule has 7 nitrogen and oxygen atoms in total. The van der Waals surface area contributed by atoms with Crippen molar-refractivity contribution in [1.82, 2.24) is 10.2 Å². The highest BCUT2D eigenvalue weighted by molar-refractivity contribution is 8.13. The van der Waals surface area contributed by atoms with Crippen LogP contribution in [0.2, 0.25) is 0 Å². The molecule has 2 aromatic rings. The van der Waals surface area contributed by atoms with Gasteiger partial charge in [0.2, 0.25) is 0 Å². The van der Waals surface area contributed by atoms with E-state index in [0.29, 0.717) is 46.9 Å². The van der Waals surface area contributed by atoms with Gasteiger partial charge < -0.3 is 20.7 Å². The molecule has 174 valence electrons. The highest BCUT2D eigenvalue weighted by Crippen LogP contribution is 2.47. The first-order valence-corrected chi connectivity index (χ1v) is 11.9. The van der Waals surface area contributed by atoms with E-state index >= 15 is 4.39 Å². The van der Waals surface area contributed by atoms with Gasteiger partial charge >= 0.3 is 0 Å². The van der Waals surface area contributed by atoms with Crippen molar-refractivity contribution in [2.45, 2.75) is 19.4 Å². The fourth-order valence-corrected chi connectivity index (χ4v) is 5.30. The van der Waals surface area contributed by atoms with Crippen LogP contribution in [0.3, 0.4) is 0 Å². The molecule has 0 radical (unpaired) electrons. The van der Waals surface area contributed by atoms with Crippen LogP contribution in [0.5, 0.6) is 5.75 Å². The topological polar surface area (TPSA) is 104 Å². The molecule has 9 heteroatoms. The van der Waals surface area contributed by atoms with Crippen molar-refractivity contribution in [2.75, 3.05) is 25.4 Å². The lowest BCUT2D eigenvalue weighted by Gasteiger charge is -2.35. The number of guanidine groups is 1. The molecule has 0 bridgehead atoms. The van der Waals surface area contributed by atoms with Gasteiger partial charge in [-0.3, -0.25) is 10.2 Å². The number of nitrogens with zero attached hydrogens (tertiary/aromatic N) is 2. The maximum absolute atomic E-state index is 15.2. The van der Waals surface area contributed by atoms with Gasteiger partial charge in [-0.2, -0.15) is 0 Å². The van der Waals surface area contributed by atoms with Crippen molar-refractivity contribution in [3.63, 3.8) is 0 Å². The summed E-state index contributed by atoms with van der Waals surface area (Å²) in [5.41, 5.74) is 5.72. The van der Waals surface area contributed by atoms with Gasteiger partial charge in [0.1, 0.15) is 17.1 Å². The van der Waals surface area contributed by atoms with Gasteiger partial charge in [0, 0.05) is 29.3 Å². The molecule has 1 saturated heterocycles. The van der Waals surface area contributed by atoms with E-state index in [0.717, 1.165) is 0 Å². The van der Waals surface area contributed by atoms with Crippen LogP contribution in [0, 0.1) is 23.1 Å².